The number of rotatable bonds is 6. The topological polar surface area (TPSA) is 116 Å². The van der Waals surface area contributed by atoms with Crippen molar-refractivity contribution < 1.29 is 9.50 Å². The zero-order valence-corrected chi connectivity index (χ0v) is 17.2. The Bertz CT molecular complexity index is 1220. The minimum Gasteiger partial charge on any atom is -0.384 e. The van der Waals surface area contributed by atoms with Crippen molar-refractivity contribution in [1.29, 1.82) is 0 Å². The molecule has 9 heteroatoms. The fourth-order valence-corrected chi connectivity index (χ4v) is 3.13. The molecule has 0 radical (unpaired) electrons. The minimum absolute atomic E-state index is 0.0900. The van der Waals surface area contributed by atoms with E-state index < -0.39 is 12.3 Å². The van der Waals surface area contributed by atoms with E-state index in [1.807, 2.05) is 18.2 Å². The highest BCUT2D eigenvalue weighted by molar-refractivity contribution is 5.67. The summed E-state index contributed by atoms with van der Waals surface area (Å²) < 4.78 is 14.7. The molecule has 0 bridgehead atoms. The van der Waals surface area contributed by atoms with Crippen LogP contribution >= 0.6 is 0 Å². The normalized spacial score (nSPS) is 11.6. The first-order chi connectivity index (χ1) is 14.8. The zero-order chi connectivity index (χ0) is 22.0. The summed E-state index contributed by atoms with van der Waals surface area (Å²) in [5, 5.41) is 18.5. The third-order valence-electron chi connectivity index (χ3n) is 4.68. The van der Waals surface area contributed by atoms with Gasteiger partial charge in [0.1, 0.15) is 18.0 Å². The quantitative estimate of drug-likeness (QED) is 0.493. The van der Waals surface area contributed by atoms with Crippen molar-refractivity contribution in [2.24, 2.45) is 0 Å². The smallest absolute Gasteiger partial charge is 0.221 e. The van der Waals surface area contributed by atoms with Crippen molar-refractivity contribution in [3.8, 4) is 22.6 Å². The van der Waals surface area contributed by atoms with E-state index in [4.69, 9.17) is 5.73 Å². The molecule has 1 aromatic carbocycles. The highest BCUT2D eigenvalue weighted by Gasteiger charge is 2.18. The van der Waals surface area contributed by atoms with Gasteiger partial charge in [-0.25, -0.2) is 19.0 Å². The van der Waals surface area contributed by atoms with Gasteiger partial charge in [0, 0.05) is 5.56 Å². The lowest BCUT2D eigenvalue weighted by molar-refractivity contribution is 0.0736. The van der Waals surface area contributed by atoms with Gasteiger partial charge in [0.05, 0.1) is 35.5 Å². The lowest BCUT2D eigenvalue weighted by Gasteiger charge is -2.17. The minimum atomic E-state index is -1.03. The Kier molecular flexibility index (Phi) is 5.43. The molecule has 8 nitrogen and oxygen atoms in total. The standard InChI is InChI=1S/C22H22FN7O/c1-22(2,31)20-8-4-7-16(25-20)12-30-13-19(28-29-30)18-10-17(26-21(24)27-18)15-6-3-5-14(9-15)11-23/h3-10,13,31H,11-12H2,1-2H3,(H2,24,26,27). The number of benzene rings is 1. The predicted molar refractivity (Wildman–Crippen MR) is 114 cm³/mol. The number of nitrogens with zero attached hydrogens (tertiary/aromatic N) is 6. The average molecular weight is 419 g/mol. The molecule has 3 aromatic heterocycles. The van der Waals surface area contributed by atoms with Crippen molar-refractivity contribution in [3.63, 3.8) is 0 Å². The molecule has 3 heterocycles. The Morgan fingerprint density at radius 3 is 2.55 bits per heavy atom. The van der Waals surface area contributed by atoms with Crippen LogP contribution in [0.5, 0.6) is 0 Å². The van der Waals surface area contributed by atoms with Crippen molar-refractivity contribution in [1.82, 2.24) is 29.9 Å². The largest absolute Gasteiger partial charge is 0.384 e. The molecule has 0 saturated carbocycles. The molecule has 31 heavy (non-hydrogen) atoms. The summed E-state index contributed by atoms with van der Waals surface area (Å²) in [6.07, 6.45) is 1.74. The summed E-state index contributed by atoms with van der Waals surface area (Å²) in [4.78, 5) is 13.0. The third-order valence-corrected chi connectivity index (χ3v) is 4.68. The molecule has 0 atom stereocenters. The first-order valence-corrected chi connectivity index (χ1v) is 9.71. The van der Waals surface area contributed by atoms with Crippen LogP contribution in [-0.4, -0.2) is 35.1 Å². The number of aliphatic hydroxyl groups is 1. The lowest BCUT2D eigenvalue weighted by Crippen LogP contribution is -2.18. The molecule has 0 amide bonds. The maximum absolute atomic E-state index is 13.0. The van der Waals surface area contributed by atoms with Gasteiger partial charge in [-0.2, -0.15) is 0 Å². The van der Waals surface area contributed by atoms with Gasteiger partial charge in [-0.05, 0) is 43.7 Å². The molecular formula is C22H22FN7O. The maximum atomic E-state index is 13.0. The van der Waals surface area contributed by atoms with Crippen LogP contribution in [0.15, 0.2) is 54.7 Å². The van der Waals surface area contributed by atoms with Gasteiger partial charge in [-0.3, -0.25) is 4.98 Å². The molecule has 4 aromatic rings. The van der Waals surface area contributed by atoms with E-state index in [1.165, 1.54) is 0 Å². The molecule has 0 unspecified atom stereocenters. The second-order valence-corrected chi connectivity index (χ2v) is 7.71. The van der Waals surface area contributed by atoms with E-state index in [0.717, 1.165) is 11.3 Å². The predicted octanol–water partition coefficient (Wildman–Crippen LogP) is 3.12. The maximum Gasteiger partial charge on any atom is 0.221 e. The summed E-state index contributed by atoms with van der Waals surface area (Å²) in [7, 11) is 0. The van der Waals surface area contributed by atoms with Gasteiger partial charge in [-0.15, -0.1) is 5.10 Å². The second kappa shape index (κ2) is 8.19. The van der Waals surface area contributed by atoms with E-state index in [1.54, 1.807) is 55.1 Å². The highest BCUT2D eigenvalue weighted by atomic mass is 19.1. The first-order valence-electron chi connectivity index (χ1n) is 9.71. The van der Waals surface area contributed by atoms with Gasteiger partial charge in [0.25, 0.3) is 0 Å². The average Bonchev–Trinajstić information content (AvgIpc) is 3.21. The van der Waals surface area contributed by atoms with E-state index in [0.29, 0.717) is 34.9 Å². The number of halogens is 1. The molecule has 3 N–H and O–H groups in total. The van der Waals surface area contributed by atoms with Gasteiger partial charge >= 0.3 is 0 Å². The number of nitrogen functional groups attached to an aromatic ring is 1. The number of hydrogen-bond donors (Lipinski definition) is 2. The van der Waals surface area contributed by atoms with Crippen LogP contribution in [0.2, 0.25) is 0 Å². The van der Waals surface area contributed by atoms with Crippen LogP contribution in [0.1, 0.15) is 30.8 Å². The summed E-state index contributed by atoms with van der Waals surface area (Å²) in [6.45, 7) is 3.20. The molecule has 0 fully saturated rings. The van der Waals surface area contributed by atoms with E-state index in [2.05, 4.69) is 25.3 Å². The van der Waals surface area contributed by atoms with Gasteiger partial charge in [0.15, 0.2) is 0 Å². The number of nitrogens with two attached hydrogens (primary N) is 1. The highest BCUT2D eigenvalue weighted by Crippen LogP contribution is 2.24. The number of alkyl halides is 1. The molecule has 4 rings (SSSR count). The van der Waals surface area contributed by atoms with Gasteiger partial charge < -0.3 is 10.8 Å². The fraction of sp³-hybridized carbons (Fsp3) is 0.227. The molecule has 0 aliphatic carbocycles. The molecule has 0 aliphatic rings. The van der Waals surface area contributed by atoms with Crippen molar-refractivity contribution in [2.45, 2.75) is 32.7 Å². The molecule has 0 aliphatic heterocycles. The number of pyridine rings is 1. The number of hydrogen-bond acceptors (Lipinski definition) is 7. The zero-order valence-electron chi connectivity index (χ0n) is 17.2. The van der Waals surface area contributed by atoms with Gasteiger partial charge in [0.2, 0.25) is 5.95 Å². The van der Waals surface area contributed by atoms with Crippen molar-refractivity contribution in [3.05, 3.63) is 71.7 Å². The first kappa shape index (κ1) is 20.5. The van der Waals surface area contributed by atoms with Crippen LogP contribution in [-0.2, 0) is 18.8 Å². The summed E-state index contributed by atoms with van der Waals surface area (Å²) in [6, 6.07) is 14.3. The molecule has 158 valence electrons. The van der Waals surface area contributed by atoms with E-state index in [-0.39, 0.29) is 5.95 Å². The van der Waals surface area contributed by atoms with Crippen LogP contribution < -0.4 is 5.73 Å². The van der Waals surface area contributed by atoms with E-state index in [9.17, 15) is 9.50 Å². The summed E-state index contributed by atoms with van der Waals surface area (Å²) in [5.74, 6) is 0.0900. The molecular weight excluding hydrogens is 397 g/mol. The molecule has 0 spiro atoms. The number of anilines is 1. The lowest BCUT2D eigenvalue weighted by atomic mass is 10.0. The van der Waals surface area contributed by atoms with Gasteiger partial charge in [-0.1, -0.05) is 29.5 Å². The number of aromatic nitrogens is 6. The second-order valence-electron chi connectivity index (χ2n) is 7.71. The SMILES string of the molecule is CC(C)(O)c1cccc(Cn2cc(-c3cc(-c4cccc(CF)c4)nc(N)n3)nn2)n1. The van der Waals surface area contributed by atoms with Crippen LogP contribution in [0.4, 0.5) is 10.3 Å². The Morgan fingerprint density at radius 1 is 1.00 bits per heavy atom. The third kappa shape index (κ3) is 4.72. The van der Waals surface area contributed by atoms with E-state index >= 15 is 0 Å². The Hall–Kier alpha value is -3.72. The summed E-state index contributed by atoms with van der Waals surface area (Å²) >= 11 is 0. The monoisotopic (exact) mass is 419 g/mol. The Balaban J connectivity index is 1.61. The van der Waals surface area contributed by atoms with Crippen LogP contribution in [0.3, 0.4) is 0 Å². The summed E-state index contributed by atoms with van der Waals surface area (Å²) in [5.41, 5.74) is 9.10. The fourth-order valence-electron chi connectivity index (χ4n) is 3.13. The molecule has 0 saturated heterocycles. The van der Waals surface area contributed by atoms with Crippen LogP contribution in [0, 0.1) is 0 Å². The van der Waals surface area contributed by atoms with Crippen LogP contribution in [0.25, 0.3) is 22.6 Å². The van der Waals surface area contributed by atoms with Crippen molar-refractivity contribution in [2.75, 3.05) is 5.73 Å². The Labute approximate surface area is 178 Å². The Morgan fingerprint density at radius 2 is 1.77 bits per heavy atom. The van der Waals surface area contributed by atoms with Crippen molar-refractivity contribution >= 4 is 5.95 Å².